The Bertz CT molecular complexity index is 480. The molecule has 0 radical (unpaired) electrons. The van der Waals surface area contributed by atoms with Gasteiger partial charge in [0.1, 0.15) is 0 Å². The van der Waals surface area contributed by atoms with Crippen LogP contribution in [0.15, 0.2) is 16.6 Å². The number of hydrogen-bond donors (Lipinski definition) is 2. The second-order valence-electron chi connectivity index (χ2n) is 4.78. The Balaban J connectivity index is 2.92. The third kappa shape index (κ3) is 5.93. The molecule has 0 aromatic heterocycles. The van der Waals surface area contributed by atoms with Crippen LogP contribution in [-0.2, 0) is 11.2 Å². The van der Waals surface area contributed by atoms with E-state index in [0.29, 0.717) is 18.1 Å². The van der Waals surface area contributed by atoms with Crippen LogP contribution in [0.3, 0.4) is 0 Å². The van der Waals surface area contributed by atoms with Gasteiger partial charge in [-0.05, 0) is 53.4 Å². The van der Waals surface area contributed by atoms with Gasteiger partial charge >= 0.3 is 0 Å². The monoisotopic (exact) mass is 358 g/mol. The second kappa shape index (κ2) is 8.89. The van der Waals surface area contributed by atoms with Crippen molar-refractivity contribution >= 4 is 21.8 Å². The molecule has 0 aliphatic rings. The van der Waals surface area contributed by atoms with E-state index in [1.54, 1.807) is 0 Å². The van der Waals surface area contributed by atoms with Crippen LogP contribution in [0.25, 0.3) is 0 Å². The Hall–Kier alpha value is -1.27. The van der Waals surface area contributed by atoms with Crippen molar-refractivity contribution in [2.45, 2.75) is 39.2 Å². The second-order valence-corrected chi connectivity index (χ2v) is 5.63. The summed E-state index contributed by atoms with van der Waals surface area (Å²) >= 11 is 3.49. The summed E-state index contributed by atoms with van der Waals surface area (Å²) in [5.41, 5.74) is 12.2. The van der Waals surface area contributed by atoms with Gasteiger partial charge in [-0.1, -0.05) is 6.92 Å². The molecule has 1 aromatic rings. The van der Waals surface area contributed by atoms with Crippen LogP contribution < -0.4 is 20.9 Å². The van der Waals surface area contributed by atoms with Gasteiger partial charge in [0.05, 0.1) is 24.1 Å². The van der Waals surface area contributed by atoms with Gasteiger partial charge in [-0.2, -0.15) is 0 Å². The molecule has 1 unspecified atom stereocenters. The first-order valence-corrected chi connectivity index (χ1v) is 7.89. The number of carbonyl (C=O) groups excluding carboxylic acids is 1. The molecule has 1 atom stereocenters. The number of rotatable bonds is 9. The third-order valence-corrected chi connectivity index (χ3v) is 3.58. The van der Waals surface area contributed by atoms with Crippen molar-refractivity contribution in [2.75, 3.05) is 13.2 Å². The van der Waals surface area contributed by atoms with E-state index in [1.165, 1.54) is 0 Å². The third-order valence-electron chi connectivity index (χ3n) is 2.99. The molecule has 6 heteroatoms. The molecular weight excluding hydrogens is 336 g/mol. The van der Waals surface area contributed by atoms with E-state index in [0.717, 1.165) is 22.9 Å². The van der Waals surface area contributed by atoms with Gasteiger partial charge < -0.3 is 20.9 Å². The molecule has 5 nitrogen and oxygen atoms in total. The minimum Gasteiger partial charge on any atom is -0.490 e. The molecule has 0 spiro atoms. The molecule has 0 aliphatic heterocycles. The summed E-state index contributed by atoms with van der Waals surface area (Å²) < 4.78 is 12.0. The first kappa shape index (κ1) is 17.8. The largest absolute Gasteiger partial charge is 0.490 e. The summed E-state index contributed by atoms with van der Waals surface area (Å²) in [7, 11) is 0. The maximum absolute atomic E-state index is 10.8. The predicted octanol–water partition coefficient (Wildman–Crippen LogP) is 2.38. The van der Waals surface area contributed by atoms with Gasteiger partial charge in [0.2, 0.25) is 5.91 Å². The fourth-order valence-corrected chi connectivity index (χ4v) is 2.45. The lowest BCUT2D eigenvalue weighted by molar-refractivity contribution is -0.118. The van der Waals surface area contributed by atoms with Crippen molar-refractivity contribution in [2.24, 2.45) is 11.5 Å². The van der Waals surface area contributed by atoms with Crippen LogP contribution in [0.4, 0.5) is 0 Å². The number of hydrogen-bond acceptors (Lipinski definition) is 4. The maximum Gasteiger partial charge on any atom is 0.220 e. The van der Waals surface area contributed by atoms with Crippen LogP contribution >= 0.6 is 15.9 Å². The number of carbonyl (C=O) groups is 1. The number of primary amides is 1. The molecule has 1 rings (SSSR count). The van der Waals surface area contributed by atoms with E-state index in [9.17, 15) is 4.79 Å². The van der Waals surface area contributed by atoms with E-state index >= 15 is 0 Å². The van der Waals surface area contributed by atoms with E-state index in [1.807, 2.05) is 19.1 Å². The zero-order chi connectivity index (χ0) is 15.8. The van der Waals surface area contributed by atoms with Gasteiger partial charge in [-0.3, -0.25) is 4.79 Å². The standard InChI is InChI=1S/C15H23BrN2O3/c1-3-11(17)7-10-8-12(16)15(13(9-10)20-4-2)21-6-5-14(18)19/h8-9,11H,3-7,17H2,1-2H3,(H2,18,19). The lowest BCUT2D eigenvalue weighted by Gasteiger charge is -2.16. The maximum atomic E-state index is 10.8. The van der Waals surface area contributed by atoms with Gasteiger partial charge in [0.15, 0.2) is 11.5 Å². The fourth-order valence-electron chi connectivity index (χ4n) is 1.84. The highest BCUT2D eigenvalue weighted by atomic mass is 79.9. The average molecular weight is 359 g/mol. The van der Waals surface area contributed by atoms with Crippen molar-refractivity contribution in [3.05, 3.63) is 22.2 Å². The predicted molar refractivity (Wildman–Crippen MR) is 86.6 cm³/mol. The minimum atomic E-state index is -0.394. The van der Waals surface area contributed by atoms with Crippen molar-refractivity contribution in [1.29, 1.82) is 0 Å². The molecule has 1 amide bonds. The molecule has 0 bridgehead atoms. The topological polar surface area (TPSA) is 87.6 Å². The molecule has 0 fully saturated rings. The first-order chi connectivity index (χ1) is 9.97. The van der Waals surface area contributed by atoms with Crippen molar-refractivity contribution in [1.82, 2.24) is 0 Å². The Labute approximate surface area is 134 Å². The highest BCUT2D eigenvalue weighted by Crippen LogP contribution is 2.37. The molecule has 0 saturated heterocycles. The van der Waals surface area contributed by atoms with E-state index in [4.69, 9.17) is 20.9 Å². The summed E-state index contributed by atoms with van der Waals surface area (Å²) in [4.78, 5) is 10.8. The summed E-state index contributed by atoms with van der Waals surface area (Å²) in [5.74, 6) is 0.844. The number of amides is 1. The summed E-state index contributed by atoms with van der Waals surface area (Å²) in [6.07, 6.45) is 1.86. The van der Waals surface area contributed by atoms with Crippen LogP contribution in [0.5, 0.6) is 11.5 Å². The number of benzene rings is 1. The molecule has 0 saturated carbocycles. The highest BCUT2D eigenvalue weighted by molar-refractivity contribution is 9.10. The average Bonchev–Trinajstić information content (AvgIpc) is 2.41. The lowest BCUT2D eigenvalue weighted by atomic mass is 10.0. The summed E-state index contributed by atoms with van der Waals surface area (Å²) in [6.45, 7) is 4.72. The van der Waals surface area contributed by atoms with Crippen LogP contribution in [0.1, 0.15) is 32.3 Å². The van der Waals surface area contributed by atoms with Crippen LogP contribution in [-0.4, -0.2) is 25.2 Å². The minimum absolute atomic E-state index is 0.119. The van der Waals surface area contributed by atoms with Crippen LogP contribution in [0, 0.1) is 0 Å². The summed E-state index contributed by atoms with van der Waals surface area (Å²) in [6, 6.07) is 4.02. The highest BCUT2D eigenvalue weighted by Gasteiger charge is 2.14. The Kier molecular flexibility index (Phi) is 7.53. The summed E-state index contributed by atoms with van der Waals surface area (Å²) in [5, 5.41) is 0. The van der Waals surface area contributed by atoms with Crippen molar-refractivity contribution < 1.29 is 14.3 Å². The zero-order valence-corrected chi connectivity index (χ0v) is 14.1. The Morgan fingerprint density at radius 1 is 1.33 bits per heavy atom. The zero-order valence-electron chi connectivity index (χ0n) is 12.5. The van der Waals surface area contributed by atoms with Crippen molar-refractivity contribution in [3.63, 3.8) is 0 Å². The van der Waals surface area contributed by atoms with Crippen LogP contribution in [0.2, 0.25) is 0 Å². The van der Waals surface area contributed by atoms with Gasteiger partial charge in [0.25, 0.3) is 0 Å². The molecule has 0 aliphatic carbocycles. The SMILES string of the molecule is CCOc1cc(CC(N)CC)cc(Br)c1OCCC(N)=O. The first-order valence-electron chi connectivity index (χ1n) is 7.09. The van der Waals surface area contributed by atoms with Gasteiger partial charge in [-0.25, -0.2) is 0 Å². The van der Waals surface area contributed by atoms with E-state index in [2.05, 4.69) is 22.9 Å². The van der Waals surface area contributed by atoms with E-state index < -0.39 is 5.91 Å². The molecule has 21 heavy (non-hydrogen) atoms. The molecule has 1 aromatic carbocycles. The number of halogens is 1. The lowest BCUT2D eigenvalue weighted by Crippen LogP contribution is -2.21. The smallest absolute Gasteiger partial charge is 0.220 e. The Morgan fingerprint density at radius 3 is 2.62 bits per heavy atom. The molecule has 118 valence electrons. The Morgan fingerprint density at radius 2 is 2.05 bits per heavy atom. The normalized spacial score (nSPS) is 12.0. The quantitative estimate of drug-likeness (QED) is 0.709. The molecule has 4 N–H and O–H groups in total. The fraction of sp³-hybridized carbons (Fsp3) is 0.533. The van der Waals surface area contributed by atoms with Gasteiger partial charge in [-0.15, -0.1) is 0 Å². The molecule has 0 heterocycles. The van der Waals surface area contributed by atoms with Crippen molar-refractivity contribution in [3.8, 4) is 11.5 Å². The number of ether oxygens (including phenoxy) is 2. The van der Waals surface area contributed by atoms with Gasteiger partial charge in [0, 0.05) is 6.04 Å². The van der Waals surface area contributed by atoms with E-state index in [-0.39, 0.29) is 19.1 Å². The number of nitrogens with two attached hydrogens (primary N) is 2. The molecular formula is C15H23BrN2O3.